The first-order valence-corrected chi connectivity index (χ1v) is 4.80. The Morgan fingerprint density at radius 1 is 1.50 bits per heavy atom. The maximum Gasteiger partial charge on any atom is 0.158 e. The van der Waals surface area contributed by atoms with Gasteiger partial charge in [-0.15, -0.1) is 0 Å². The fourth-order valence-corrected chi connectivity index (χ4v) is 1.70. The summed E-state index contributed by atoms with van der Waals surface area (Å²) in [5, 5.41) is 11.9. The van der Waals surface area contributed by atoms with Gasteiger partial charge in [-0.3, -0.25) is 4.98 Å². The molecule has 1 N–H and O–H groups in total. The molecule has 1 unspecified atom stereocenters. The molecule has 0 radical (unpaired) electrons. The molecule has 4 heteroatoms. The maximum absolute atomic E-state index is 8.55. The SMILES string of the molecule is N#Cc1cnc(CC2CCNC2)cn1. The van der Waals surface area contributed by atoms with Crippen molar-refractivity contribution in [3.63, 3.8) is 0 Å². The van der Waals surface area contributed by atoms with Gasteiger partial charge in [-0.05, 0) is 31.8 Å². The van der Waals surface area contributed by atoms with Crippen LogP contribution in [-0.2, 0) is 6.42 Å². The van der Waals surface area contributed by atoms with Crippen LogP contribution in [0.25, 0.3) is 0 Å². The van der Waals surface area contributed by atoms with Gasteiger partial charge in [0.05, 0.1) is 11.9 Å². The minimum absolute atomic E-state index is 0.387. The van der Waals surface area contributed by atoms with Crippen LogP contribution >= 0.6 is 0 Å². The molecule has 1 aliphatic rings. The van der Waals surface area contributed by atoms with E-state index in [4.69, 9.17) is 5.26 Å². The third kappa shape index (κ3) is 2.06. The Kier molecular flexibility index (Phi) is 2.70. The van der Waals surface area contributed by atoms with E-state index in [1.54, 1.807) is 6.20 Å². The van der Waals surface area contributed by atoms with E-state index in [1.807, 2.05) is 6.07 Å². The number of nitrogens with one attached hydrogen (secondary N) is 1. The highest BCUT2D eigenvalue weighted by Crippen LogP contribution is 2.12. The van der Waals surface area contributed by atoms with E-state index in [9.17, 15) is 0 Å². The van der Waals surface area contributed by atoms with E-state index >= 15 is 0 Å². The minimum atomic E-state index is 0.387. The van der Waals surface area contributed by atoms with Crippen LogP contribution in [0.5, 0.6) is 0 Å². The van der Waals surface area contributed by atoms with E-state index in [1.165, 1.54) is 12.6 Å². The van der Waals surface area contributed by atoms with Crippen molar-refractivity contribution in [2.24, 2.45) is 5.92 Å². The molecule has 1 saturated heterocycles. The maximum atomic E-state index is 8.55. The van der Waals surface area contributed by atoms with Crippen molar-refractivity contribution in [1.29, 1.82) is 5.26 Å². The molecule has 1 fully saturated rings. The summed E-state index contributed by atoms with van der Waals surface area (Å²) in [6, 6.07) is 1.96. The quantitative estimate of drug-likeness (QED) is 0.734. The lowest BCUT2D eigenvalue weighted by Crippen LogP contribution is -2.11. The van der Waals surface area contributed by atoms with E-state index in [0.717, 1.165) is 25.2 Å². The van der Waals surface area contributed by atoms with Gasteiger partial charge in [0.15, 0.2) is 5.69 Å². The summed E-state index contributed by atoms with van der Waals surface area (Å²) in [5.74, 6) is 0.678. The molecule has 0 aliphatic carbocycles. The van der Waals surface area contributed by atoms with E-state index in [0.29, 0.717) is 11.6 Å². The molecule has 1 aromatic rings. The van der Waals surface area contributed by atoms with Crippen LogP contribution in [0.4, 0.5) is 0 Å². The largest absolute Gasteiger partial charge is 0.316 e. The molecule has 1 atom stereocenters. The number of rotatable bonds is 2. The molecule has 0 saturated carbocycles. The van der Waals surface area contributed by atoms with Crippen LogP contribution in [-0.4, -0.2) is 23.1 Å². The highest BCUT2D eigenvalue weighted by atomic mass is 14.9. The van der Waals surface area contributed by atoms with Gasteiger partial charge in [0, 0.05) is 6.20 Å². The van der Waals surface area contributed by atoms with Crippen LogP contribution in [0.2, 0.25) is 0 Å². The molecule has 1 aliphatic heterocycles. The standard InChI is InChI=1S/C10H12N4/c11-4-10-7-13-9(6-14-10)3-8-1-2-12-5-8/h6-8,12H,1-3,5H2. The average Bonchev–Trinajstić information content (AvgIpc) is 2.72. The topological polar surface area (TPSA) is 61.6 Å². The first-order valence-electron chi connectivity index (χ1n) is 4.80. The predicted octanol–water partition coefficient (Wildman–Crippen LogP) is 0.500. The zero-order valence-electron chi connectivity index (χ0n) is 7.90. The zero-order chi connectivity index (χ0) is 9.80. The van der Waals surface area contributed by atoms with Crippen molar-refractivity contribution in [3.05, 3.63) is 23.8 Å². The molecule has 4 nitrogen and oxygen atoms in total. The third-order valence-electron chi connectivity index (χ3n) is 2.48. The molecule has 1 aromatic heterocycles. The highest BCUT2D eigenvalue weighted by molar-refractivity contribution is 5.16. The number of hydrogen-bond donors (Lipinski definition) is 1. The molecular weight excluding hydrogens is 176 g/mol. The Hall–Kier alpha value is -1.47. The normalized spacial score (nSPS) is 20.6. The number of hydrogen-bond acceptors (Lipinski definition) is 4. The van der Waals surface area contributed by atoms with Crippen molar-refractivity contribution >= 4 is 0 Å². The first-order chi connectivity index (χ1) is 6.88. The summed E-state index contributed by atoms with van der Waals surface area (Å²) < 4.78 is 0. The summed E-state index contributed by atoms with van der Waals surface area (Å²) in [6.07, 6.45) is 5.42. The fourth-order valence-electron chi connectivity index (χ4n) is 1.70. The Bertz CT molecular complexity index is 332. The second-order valence-corrected chi connectivity index (χ2v) is 3.57. The van der Waals surface area contributed by atoms with Crippen molar-refractivity contribution in [1.82, 2.24) is 15.3 Å². The Morgan fingerprint density at radius 3 is 3.00 bits per heavy atom. The van der Waals surface area contributed by atoms with Crippen molar-refractivity contribution in [2.45, 2.75) is 12.8 Å². The van der Waals surface area contributed by atoms with Crippen molar-refractivity contribution in [3.8, 4) is 6.07 Å². The summed E-state index contributed by atoms with van der Waals surface area (Å²) in [7, 11) is 0. The molecule has 0 amide bonds. The monoisotopic (exact) mass is 188 g/mol. The highest BCUT2D eigenvalue weighted by Gasteiger charge is 2.15. The molecule has 2 rings (SSSR count). The number of nitriles is 1. The van der Waals surface area contributed by atoms with E-state index in [-0.39, 0.29) is 0 Å². The molecule has 14 heavy (non-hydrogen) atoms. The van der Waals surface area contributed by atoms with Gasteiger partial charge >= 0.3 is 0 Å². The van der Waals surface area contributed by atoms with Gasteiger partial charge in [-0.1, -0.05) is 0 Å². The van der Waals surface area contributed by atoms with Crippen LogP contribution in [0.1, 0.15) is 17.8 Å². The molecule has 0 spiro atoms. The lowest BCUT2D eigenvalue weighted by atomic mass is 10.0. The summed E-state index contributed by atoms with van der Waals surface area (Å²) in [5.41, 5.74) is 1.37. The summed E-state index contributed by atoms with van der Waals surface area (Å²) in [6.45, 7) is 2.18. The van der Waals surface area contributed by atoms with Gasteiger partial charge in [0.2, 0.25) is 0 Å². The third-order valence-corrected chi connectivity index (χ3v) is 2.48. The van der Waals surface area contributed by atoms with Gasteiger partial charge in [0.25, 0.3) is 0 Å². The smallest absolute Gasteiger partial charge is 0.158 e. The number of nitrogens with zero attached hydrogens (tertiary/aromatic N) is 3. The van der Waals surface area contributed by atoms with E-state index < -0.39 is 0 Å². The van der Waals surface area contributed by atoms with Gasteiger partial charge in [-0.25, -0.2) is 4.98 Å². The summed E-state index contributed by atoms with van der Waals surface area (Å²) >= 11 is 0. The predicted molar refractivity (Wildman–Crippen MR) is 51.4 cm³/mol. The molecule has 0 bridgehead atoms. The molecular formula is C10H12N4. The lowest BCUT2D eigenvalue weighted by Gasteiger charge is -2.05. The first kappa shape index (κ1) is 9.10. The van der Waals surface area contributed by atoms with Gasteiger partial charge in [0.1, 0.15) is 6.07 Å². The second-order valence-electron chi connectivity index (χ2n) is 3.57. The lowest BCUT2D eigenvalue weighted by molar-refractivity contribution is 0.570. The molecule has 0 aromatic carbocycles. The number of aromatic nitrogens is 2. The summed E-state index contributed by atoms with van der Waals surface area (Å²) in [4.78, 5) is 8.20. The van der Waals surface area contributed by atoms with E-state index in [2.05, 4.69) is 15.3 Å². The minimum Gasteiger partial charge on any atom is -0.316 e. The fraction of sp³-hybridized carbons (Fsp3) is 0.500. The Morgan fingerprint density at radius 2 is 2.43 bits per heavy atom. The van der Waals surface area contributed by atoms with Crippen LogP contribution in [0.15, 0.2) is 12.4 Å². The molecule has 2 heterocycles. The zero-order valence-corrected chi connectivity index (χ0v) is 7.90. The van der Waals surface area contributed by atoms with Crippen molar-refractivity contribution < 1.29 is 0 Å². The van der Waals surface area contributed by atoms with Gasteiger partial charge in [-0.2, -0.15) is 5.26 Å². The average molecular weight is 188 g/mol. The Balaban J connectivity index is 1.99. The Labute approximate surface area is 83.0 Å². The van der Waals surface area contributed by atoms with Crippen LogP contribution in [0.3, 0.4) is 0 Å². The van der Waals surface area contributed by atoms with Crippen molar-refractivity contribution in [2.75, 3.05) is 13.1 Å². The second kappa shape index (κ2) is 4.16. The van der Waals surface area contributed by atoms with Crippen LogP contribution < -0.4 is 5.32 Å². The van der Waals surface area contributed by atoms with Crippen LogP contribution in [0, 0.1) is 17.2 Å². The van der Waals surface area contributed by atoms with Gasteiger partial charge < -0.3 is 5.32 Å². The molecule has 72 valence electrons.